The second kappa shape index (κ2) is 5.27. The Morgan fingerprint density at radius 1 is 1.43 bits per heavy atom. The van der Waals surface area contributed by atoms with Crippen molar-refractivity contribution in [1.29, 1.82) is 0 Å². The van der Waals surface area contributed by atoms with Gasteiger partial charge in [-0.2, -0.15) is 0 Å². The van der Waals surface area contributed by atoms with Gasteiger partial charge in [-0.25, -0.2) is 4.39 Å². The molecule has 2 aliphatic rings. The summed E-state index contributed by atoms with van der Waals surface area (Å²) in [5.74, 6) is 5.61. The number of nitrogens with zero attached hydrogens (tertiary/aromatic N) is 1. The molecular weight excluding hydrogens is 289 g/mol. The fourth-order valence-electron chi connectivity index (χ4n) is 3.36. The average molecular weight is 310 g/mol. The average Bonchev–Trinajstić information content (AvgIpc) is 2.81. The number of hydrogen-bond acceptors (Lipinski definition) is 3. The van der Waals surface area contributed by atoms with Crippen molar-refractivity contribution in [2.75, 3.05) is 6.54 Å². The third-order valence-corrected chi connectivity index (χ3v) is 4.60. The predicted molar refractivity (Wildman–Crippen MR) is 84.3 cm³/mol. The van der Waals surface area contributed by atoms with Crippen molar-refractivity contribution in [2.24, 2.45) is 5.84 Å². The van der Waals surface area contributed by atoms with Gasteiger partial charge in [-0.05, 0) is 55.0 Å². The van der Waals surface area contributed by atoms with E-state index in [4.69, 9.17) is 17.4 Å². The highest BCUT2D eigenvalue weighted by Gasteiger charge is 2.30. The molecule has 0 saturated carbocycles. The lowest BCUT2D eigenvalue weighted by atomic mass is 9.94. The quantitative estimate of drug-likeness (QED) is 0.512. The van der Waals surface area contributed by atoms with E-state index < -0.39 is 5.67 Å². The zero-order chi connectivity index (χ0) is 15.2. The van der Waals surface area contributed by atoms with Crippen LogP contribution in [0.5, 0.6) is 0 Å². The predicted octanol–water partition coefficient (Wildman–Crippen LogP) is 3.24. The number of fused-ring (bicyclic) bond motifs is 3. The SMILES string of the molecule is CC(C)(F)CN1Cc2c(ccc3c2CCC3NN)C=C1Cl. The Hall–Kier alpha value is -1.10. The fraction of sp³-hybridized carbons (Fsp3) is 0.500. The normalized spacial score (nSPS) is 21.1. The van der Waals surface area contributed by atoms with Crippen LogP contribution >= 0.6 is 11.6 Å². The molecule has 0 radical (unpaired) electrons. The molecule has 3 rings (SSSR count). The number of halogens is 2. The van der Waals surface area contributed by atoms with Gasteiger partial charge in [0.1, 0.15) is 10.8 Å². The summed E-state index contributed by atoms with van der Waals surface area (Å²) in [6, 6.07) is 4.43. The van der Waals surface area contributed by atoms with Crippen molar-refractivity contribution in [2.45, 2.75) is 44.9 Å². The van der Waals surface area contributed by atoms with Crippen molar-refractivity contribution < 1.29 is 4.39 Å². The molecule has 0 fully saturated rings. The second-order valence-corrected chi connectivity index (χ2v) is 6.89. The highest BCUT2D eigenvalue weighted by molar-refractivity contribution is 6.31. The third kappa shape index (κ3) is 2.80. The molecule has 0 saturated heterocycles. The minimum atomic E-state index is -1.27. The van der Waals surface area contributed by atoms with Crippen LogP contribution in [0.15, 0.2) is 17.3 Å². The van der Waals surface area contributed by atoms with Crippen LogP contribution in [0.4, 0.5) is 4.39 Å². The topological polar surface area (TPSA) is 41.3 Å². The number of benzene rings is 1. The largest absolute Gasteiger partial charge is 0.355 e. The molecular formula is C16H21ClFN3. The maximum atomic E-state index is 14.0. The van der Waals surface area contributed by atoms with E-state index in [1.54, 1.807) is 13.8 Å². The summed E-state index contributed by atoms with van der Waals surface area (Å²) in [7, 11) is 0. The summed E-state index contributed by atoms with van der Waals surface area (Å²) in [6.45, 7) is 4.12. The van der Waals surface area contributed by atoms with Gasteiger partial charge in [-0.3, -0.25) is 11.3 Å². The van der Waals surface area contributed by atoms with Crippen LogP contribution in [-0.4, -0.2) is 17.1 Å². The first kappa shape index (κ1) is 14.8. The van der Waals surface area contributed by atoms with E-state index >= 15 is 0 Å². The zero-order valence-corrected chi connectivity index (χ0v) is 13.2. The minimum absolute atomic E-state index is 0.220. The van der Waals surface area contributed by atoms with Crippen LogP contribution in [0.1, 0.15) is 48.6 Å². The Labute approximate surface area is 129 Å². The monoisotopic (exact) mass is 309 g/mol. The second-order valence-electron chi connectivity index (χ2n) is 6.50. The summed E-state index contributed by atoms with van der Waals surface area (Å²) in [5.41, 5.74) is 6.61. The summed E-state index contributed by atoms with van der Waals surface area (Å²) in [4.78, 5) is 1.91. The molecule has 21 heavy (non-hydrogen) atoms. The van der Waals surface area contributed by atoms with Gasteiger partial charge in [-0.15, -0.1) is 0 Å². The highest BCUT2D eigenvalue weighted by Crippen LogP contribution is 2.38. The van der Waals surface area contributed by atoms with Gasteiger partial charge >= 0.3 is 0 Å². The molecule has 1 aromatic rings. The molecule has 3 N–H and O–H groups in total. The molecule has 5 heteroatoms. The van der Waals surface area contributed by atoms with Crippen molar-refractivity contribution >= 4 is 17.7 Å². The van der Waals surface area contributed by atoms with Crippen molar-refractivity contribution in [3.8, 4) is 0 Å². The van der Waals surface area contributed by atoms with Gasteiger partial charge in [0.25, 0.3) is 0 Å². The number of nitrogens with two attached hydrogens (primary N) is 1. The number of nitrogens with one attached hydrogen (secondary N) is 1. The van der Waals surface area contributed by atoms with Crippen LogP contribution < -0.4 is 11.3 Å². The molecule has 1 unspecified atom stereocenters. The van der Waals surface area contributed by atoms with E-state index in [1.165, 1.54) is 16.7 Å². The van der Waals surface area contributed by atoms with Gasteiger partial charge in [-0.1, -0.05) is 23.7 Å². The molecule has 3 nitrogen and oxygen atoms in total. The summed E-state index contributed by atoms with van der Waals surface area (Å²) in [5, 5.41) is 0.611. The van der Waals surface area contributed by atoms with Crippen LogP contribution in [0.25, 0.3) is 6.08 Å². The van der Waals surface area contributed by atoms with Crippen molar-refractivity contribution in [3.05, 3.63) is 39.5 Å². The van der Waals surface area contributed by atoms with Crippen molar-refractivity contribution in [3.63, 3.8) is 0 Å². The fourth-order valence-corrected chi connectivity index (χ4v) is 3.60. The van der Waals surface area contributed by atoms with Gasteiger partial charge in [0.2, 0.25) is 0 Å². The van der Waals surface area contributed by atoms with E-state index in [2.05, 4.69) is 17.6 Å². The Morgan fingerprint density at radius 3 is 2.86 bits per heavy atom. The lowest BCUT2D eigenvalue weighted by molar-refractivity contribution is 0.148. The smallest absolute Gasteiger partial charge is 0.122 e. The van der Waals surface area contributed by atoms with Gasteiger partial charge in [0, 0.05) is 12.6 Å². The molecule has 1 aliphatic carbocycles. The first-order valence-corrected chi connectivity index (χ1v) is 7.68. The Bertz CT molecular complexity index is 592. The lowest BCUT2D eigenvalue weighted by Crippen LogP contribution is -2.35. The standard InChI is InChI=1S/C16H21ClFN3/c1-16(2,18)9-21-8-13-10(7-15(21)17)3-4-12-11(13)5-6-14(12)20-19/h3-4,7,14,20H,5-6,8-9,19H2,1-2H3. The number of rotatable bonds is 3. The molecule has 0 bridgehead atoms. The first-order chi connectivity index (χ1) is 9.89. The van der Waals surface area contributed by atoms with Crippen LogP contribution in [0.2, 0.25) is 0 Å². The number of hydrazine groups is 1. The van der Waals surface area contributed by atoms with Crippen molar-refractivity contribution in [1.82, 2.24) is 10.3 Å². The highest BCUT2D eigenvalue weighted by atomic mass is 35.5. The Balaban J connectivity index is 1.97. The summed E-state index contributed by atoms with van der Waals surface area (Å²) >= 11 is 6.31. The third-order valence-electron chi connectivity index (χ3n) is 4.26. The summed E-state index contributed by atoms with van der Waals surface area (Å²) < 4.78 is 14.0. The number of hydrogen-bond donors (Lipinski definition) is 2. The lowest BCUT2D eigenvalue weighted by Gasteiger charge is -2.33. The van der Waals surface area contributed by atoms with Gasteiger partial charge < -0.3 is 4.90 Å². The molecule has 0 amide bonds. The van der Waals surface area contributed by atoms with E-state index in [-0.39, 0.29) is 6.04 Å². The van der Waals surface area contributed by atoms with Gasteiger partial charge in [0.05, 0.1) is 6.54 Å². The molecule has 0 aromatic heterocycles. The Morgan fingerprint density at radius 2 is 2.19 bits per heavy atom. The maximum Gasteiger partial charge on any atom is 0.122 e. The van der Waals surface area contributed by atoms with E-state index in [1.807, 2.05) is 11.0 Å². The van der Waals surface area contributed by atoms with Crippen LogP contribution in [0, 0.1) is 0 Å². The van der Waals surface area contributed by atoms with E-state index in [9.17, 15) is 4.39 Å². The van der Waals surface area contributed by atoms with E-state index in [0.29, 0.717) is 18.2 Å². The minimum Gasteiger partial charge on any atom is -0.355 e. The maximum absolute atomic E-state index is 14.0. The molecule has 1 aliphatic heterocycles. The van der Waals surface area contributed by atoms with Crippen LogP contribution in [-0.2, 0) is 13.0 Å². The summed E-state index contributed by atoms with van der Waals surface area (Å²) in [6.07, 6.45) is 3.95. The molecule has 1 aromatic carbocycles. The Kier molecular flexibility index (Phi) is 3.72. The van der Waals surface area contributed by atoms with Crippen LogP contribution in [0.3, 0.4) is 0 Å². The number of alkyl halides is 1. The molecule has 114 valence electrons. The molecule has 1 atom stereocenters. The zero-order valence-electron chi connectivity index (χ0n) is 12.4. The van der Waals surface area contributed by atoms with E-state index in [0.717, 1.165) is 18.4 Å². The molecule has 0 spiro atoms. The van der Waals surface area contributed by atoms with Gasteiger partial charge in [0.15, 0.2) is 0 Å². The molecule has 1 heterocycles. The first-order valence-electron chi connectivity index (χ1n) is 7.31.